The van der Waals surface area contributed by atoms with Crippen LogP contribution in [-0.4, -0.2) is 24.9 Å². The van der Waals surface area contributed by atoms with Gasteiger partial charge < -0.3 is 4.74 Å². The van der Waals surface area contributed by atoms with Crippen LogP contribution in [0.5, 0.6) is 0 Å². The number of ether oxygens (including phenoxy) is 1. The number of nitrogens with zero attached hydrogens (tertiary/aromatic N) is 1. The SMILES string of the molecule is COC(=O)c1ccc(F)cc1N1C(=O)c2ccccc2C1=O. The van der Waals surface area contributed by atoms with Crippen LogP contribution >= 0.6 is 0 Å². The van der Waals surface area contributed by atoms with Gasteiger partial charge >= 0.3 is 5.97 Å². The molecule has 6 heteroatoms. The monoisotopic (exact) mass is 299 g/mol. The van der Waals surface area contributed by atoms with Gasteiger partial charge in [0, 0.05) is 0 Å². The average molecular weight is 299 g/mol. The van der Waals surface area contributed by atoms with Crippen LogP contribution in [0.3, 0.4) is 0 Å². The lowest BCUT2D eigenvalue weighted by Gasteiger charge is -2.17. The third-order valence-corrected chi connectivity index (χ3v) is 3.40. The molecule has 0 fully saturated rings. The van der Waals surface area contributed by atoms with E-state index in [0.29, 0.717) is 0 Å². The topological polar surface area (TPSA) is 63.7 Å². The van der Waals surface area contributed by atoms with Crippen LogP contribution < -0.4 is 4.90 Å². The molecule has 1 heterocycles. The minimum Gasteiger partial charge on any atom is -0.465 e. The first-order valence-corrected chi connectivity index (χ1v) is 6.40. The molecule has 0 N–H and O–H groups in total. The van der Waals surface area contributed by atoms with E-state index < -0.39 is 23.6 Å². The van der Waals surface area contributed by atoms with Crippen molar-refractivity contribution in [2.45, 2.75) is 0 Å². The Morgan fingerprint density at radius 3 is 2.18 bits per heavy atom. The lowest BCUT2D eigenvalue weighted by molar-refractivity contribution is 0.0601. The predicted molar refractivity (Wildman–Crippen MR) is 75.3 cm³/mol. The summed E-state index contributed by atoms with van der Waals surface area (Å²) in [6.45, 7) is 0. The molecule has 0 atom stereocenters. The summed E-state index contributed by atoms with van der Waals surface area (Å²) >= 11 is 0. The second kappa shape index (κ2) is 5.07. The van der Waals surface area contributed by atoms with E-state index in [1.165, 1.54) is 18.2 Å². The molecule has 0 spiro atoms. The van der Waals surface area contributed by atoms with Crippen molar-refractivity contribution in [3.63, 3.8) is 0 Å². The van der Waals surface area contributed by atoms with Crippen LogP contribution in [0.4, 0.5) is 10.1 Å². The van der Waals surface area contributed by atoms with Gasteiger partial charge in [0.1, 0.15) is 5.82 Å². The molecule has 110 valence electrons. The van der Waals surface area contributed by atoms with Gasteiger partial charge in [-0.1, -0.05) is 12.1 Å². The predicted octanol–water partition coefficient (Wildman–Crippen LogP) is 2.41. The third-order valence-electron chi connectivity index (χ3n) is 3.40. The molecule has 0 unspecified atom stereocenters. The Bertz CT molecular complexity index is 781. The average Bonchev–Trinajstić information content (AvgIpc) is 2.78. The zero-order valence-electron chi connectivity index (χ0n) is 11.5. The fourth-order valence-corrected chi connectivity index (χ4v) is 2.38. The number of carbonyl (C=O) groups is 3. The fourth-order valence-electron chi connectivity index (χ4n) is 2.38. The molecule has 2 amide bonds. The molecule has 22 heavy (non-hydrogen) atoms. The van der Waals surface area contributed by atoms with E-state index in [0.717, 1.165) is 24.1 Å². The Kier molecular flexibility index (Phi) is 3.21. The van der Waals surface area contributed by atoms with Crippen LogP contribution in [0.2, 0.25) is 0 Å². The molecule has 0 radical (unpaired) electrons. The summed E-state index contributed by atoms with van der Waals surface area (Å²) < 4.78 is 18.2. The van der Waals surface area contributed by atoms with Gasteiger partial charge in [-0.3, -0.25) is 9.59 Å². The molecule has 0 saturated heterocycles. The first-order valence-electron chi connectivity index (χ1n) is 6.40. The first kappa shape index (κ1) is 13.9. The standard InChI is InChI=1S/C16H10FNO4/c1-22-16(21)12-7-6-9(17)8-13(12)18-14(19)10-4-2-3-5-11(10)15(18)20/h2-8H,1H3. The van der Waals surface area contributed by atoms with Crippen LogP contribution in [0.25, 0.3) is 0 Å². The number of amides is 2. The molecule has 0 bridgehead atoms. The number of rotatable bonds is 2. The number of benzene rings is 2. The Labute approximate surface area is 124 Å². The van der Waals surface area contributed by atoms with Crippen molar-refractivity contribution in [1.29, 1.82) is 0 Å². The molecule has 5 nitrogen and oxygen atoms in total. The van der Waals surface area contributed by atoms with E-state index in [4.69, 9.17) is 0 Å². The molecular weight excluding hydrogens is 289 g/mol. The Hall–Kier alpha value is -3.02. The molecule has 0 aliphatic carbocycles. The molecule has 1 aliphatic heterocycles. The highest BCUT2D eigenvalue weighted by Crippen LogP contribution is 2.31. The van der Waals surface area contributed by atoms with Gasteiger partial charge in [-0.25, -0.2) is 14.1 Å². The lowest BCUT2D eigenvalue weighted by Crippen LogP contribution is -2.31. The number of anilines is 1. The second-order valence-electron chi connectivity index (χ2n) is 4.64. The van der Waals surface area contributed by atoms with Gasteiger partial charge in [-0.2, -0.15) is 0 Å². The van der Waals surface area contributed by atoms with Gasteiger partial charge in [-0.15, -0.1) is 0 Å². The van der Waals surface area contributed by atoms with Gasteiger partial charge in [0.15, 0.2) is 0 Å². The summed E-state index contributed by atoms with van der Waals surface area (Å²) in [6, 6.07) is 9.47. The van der Waals surface area contributed by atoms with Crippen molar-refractivity contribution in [2.75, 3.05) is 12.0 Å². The third kappa shape index (κ3) is 1.96. The number of halogens is 1. The highest BCUT2D eigenvalue weighted by molar-refractivity contribution is 6.35. The van der Waals surface area contributed by atoms with Crippen molar-refractivity contribution in [1.82, 2.24) is 0 Å². The number of imide groups is 1. The van der Waals surface area contributed by atoms with E-state index >= 15 is 0 Å². The Balaban J connectivity index is 2.17. The number of carbonyl (C=O) groups excluding carboxylic acids is 3. The number of methoxy groups -OCH3 is 1. The van der Waals surface area contributed by atoms with Gasteiger partial charge in [0.05, 0.1) is 29.5 Å². The minimum atomic E-state index is -0.758. The molecule has 3 rings (SSSR count). The van der Waals surface area contributed by atoms with E-state index in [1.807, 2.05) is 0 Å². The van der Waals surface area contributed by atoms with Crippen molar-refractivity contribution in [3.8, 4) is 0 Å². The van der Waals surface area contributed by atoms with Crippen LogP contribution in [0.1, 0.15) is 31.1 Å². The van der Waals surface area contributed by atoms with Crippen molar-refractivity contribution in [2.24, 2.45) is 0 Å². The maximum atomic E-state index is 13.5. The minimum absolute atomic E-state index is 0.0570. The number of fused-ring (bicyclic) bond motifs is 1. The molecule has 0 saturated carbocycles. The summed E-state index contributed by atoms with van der Waals surface area (Å²) in [5.41, 5.74) is 0.247. The summed E-state index contributed by atoms with van der Waals surface area (Å²) in [6.07, 6.45) is 0. The maximum absolute atomic E-state index is 13.5. The van der Waals surface area contributed by atoms with E-state index in [-0.39, 0.29) is 22.4 Å². The highest BCUT2D eigenvalue weighted by Gasteiger charge is 2.38. The van der Waals surface area contributed by atoms with Crippen LogP contribution in [0.15, 0.2) is 42.5 Å². The number of hydrogen-bond acceptors (Lipinski definition) is 4. The molecular formula is C16H10FNO4. The Morgan fingerprint density at radius 1 is 1.05 bits per heavy atom. The van der Waals surface area contributed by atoms with Crippen molar-refractivity contribution >= 4 is 23.5 Å². The summed E-state index contributed by atoms with van der Waals surface area (Å²) in [5, 5.41) is 0. The normalized spacial score (nSPS) is 13.3. The smallest absolute Gasteiger partial charge is 0.340 e. The molecule has 2 aromatic rings. The lowest BCUT2D eigenvalue weighted by atomic mass is 10.1. The summed E-state index contributed by atoms with van der Waals surface area (Å²) in [7, 11) is 1.16. The van der Waals surface area contributed by atoms with E-state index in [1.54, 1.807) is 12.1 Å². The largest absolute Gasteiger partial charge is 0.465 e. The first-order chi connectivity index (χ1) is 10.5. The molecule has 2 aromatic carbocycles. The number of hydrogen-bond donors (Lipinski definition) is 0. The Morgan fingerprint density at radius 2 is 1.64 bits per heavy atom. The molecule has 0 aromatic heterocycles. The molecule has 1 aliphatic rings. The fraction of sp³-hybridized carbons (Fsp3) is 0.0625. The quantitative estimate of drug-likeness (QED) is 0.631. The van der Waals surface area contributed by atoms with Crippen LogP contribution in [-0.2, 0) is 4.74 Å². The van der Waals surface area contributed by atoms with Gasteiger partial charge in [0.2, 0.25) is 0 Å². The second-order valence-corrected chi connectivity index (χ2v) is 4.64. The summed E-state index contributed by atoms with van der Waals surface area (Å²) in [5.74, 6) is -2.63. The van der Waals surface area contributed by atoms with Gasteiger partial charge in [-0.05, 0) is 30.3 Å². The highest BCUT2D eigenvalue weighted by atomic mass is 19.1. The zero-order chi connectivity index (χ0) is 15.9. The van der Waals surface area contributed by atoms with Gasteiger partial charge in [0.25, 0.3) is 11.8 Å². The van der Waals surface area contributed by atoms with Crippen molar-refractivity contribution < 1.29 is 23.5 Å². The van der Waals surface area contributed by atoms with E-state index in [9.17, 15) is 18.8 Å². The van der Waals surface area contributed by atoms with E-state index in [2.05, 4.69) is 4.74 Å². The maximum Gasteiger partial charge on any atom is 0.340 e. The summed E-state index contributed by atoms with van der Waals surface area (Å²) in [4.78, 5) is 37.4. The van der Waals surface area contributed by atoms with Crippen LogP contribution in [0, 0.1) is 5.82 Å². The zero-order valence-corrected chi connectivity index (χ0v) is 11.5. The van der Waals surface area contributed by atoms with Crippen molar-refractivity contribution in [3.05, 3.63) is 65.0 Å². The number of esters is 1.